The smallest absolute Gasteiger partial charge is 0.267 e. The molecule has 0 spiro atoms. The van der Waals surface area contributed by atoms with Gasteiger partial charge < -0.3 is 14.4 Å². The molecule has 2 atom stereocenters. The first kappa shape index (κ1) is 20.7. The highest BCUT2D eigenvalue weighted by Crippen LogP contribution is 2.34. The molecule has 1 saturated heterocycles. The largest absolute Gasteiger partial charge is 0.482 e. The third kappa shape index (κ3) is 4.02. The maximum atomic E-state index is 13.1. The van der Waals surface area contributed by atoms with Crippen LogP contribution in [-0.2, 0) is 14.8 Å². The van der Waals surface area contributed by atoms with E-state index in [2.05, 4.69) is 0 Å². The van der Waals surface area contributed by atoms with E-state index in [-0.39, 0.29) is 17.3 Å². The van der Waals surface area contributed by atoms with Gasteiger partial charge in [0.25, 0.3) is 5.91 Å². The number of nitrogens with zero attached hydrogens (tertiary/aromatic N) is 2. The van der Waals surface area contributed by atoms with E-state index in [1.807, 2.05) is 32.0 Å². The molecule has 160 valence electrons. The van der Waals surface area contributed by atoms with Crippen molar-refractivity contribution in [3.8, 4) is 11.5 Å². The van der Waals surface area contributed by atoms with E-state index in [1.54, 1.807) is 35.2 Å². The van der Waals surface area contributed by atoms with Crippen molar-refractivity contribution >= 4 is 15.9 Å². The molecule has 0 aliphatic carbocycles. The molecule has 4 rings (SSSR count). The van der Waals surface area contributed by atoms with E-state index in [4.69, 9.17) is 9.47 Å². The number of amides is 1. The van der Waals surface area contributed by atoms with Crippen molar-refractivity contribution in [2.45, 2.75) is 37.4 Å². The van der Waals surface area contributed by atoms with Crippen LogP contribution >= 0.6 is 0 Å². The first-order valence-corrected chi connectivity index (χ1v) is 11.6. The van der Waals surface area contributed by atoms with Crippen LogP contribution in [0.5, 0.6) is 11.5 Å². The maximum absolute atomic E-state index is 13.1. The molecule has 2 aliphatic rings. The molecule has 2 heterocycles. The van der Waals surface area contributed by atoms with E-state index >= 15 is 0 Å². The van der Waals surface area contributed by atoms with Crippen molar-refractivity contribution in [3.05, 3.63) is 54.1 Å². The summed E-state index contributed by atoms with van der Waals surface area (Å²) in [6.45, 7) is 5.15. The topological polar surface area (TPSA) is 76.2 Å². The van der Waals surface area contributed by atoms with Crippen LogP contribution in [0.15, 0.2) is 53.4 Å². The van der Waals surface area contributed by atoms with Gasteiger partial charge in [-0.25, -0.2) is 8.42 Å². The number of ether oxygens (including phenoxy) is 2. The van der Waals surface area contributed by atoms with Crippen LogP contribution in [0, 0.1) is 6.92 Å². The number of sulfonamides is 1. The lowest BCUT2D eigenvalue weighted by Gasteiger charge is -2.34. The molecule has 30 heavy (non-hydrogen) atoms. The van der Waals surface area contributed by atoms with E-state index in [9.17, 15) is 13.2 Å². The number of carbonyl (C=O) groups is 1. The standard InChI is InChI=1S/C22H26N2O5S/c1-16-8-10-18(11-9-16)30(26,27)24-13-5-12-23(14-15-24)22(25)21-17(2)28-19-6-3-4-7-20(19)29-21/h3-4,6-11,17,21H,5,12-15H2,1-2H3. The first-order chi connectivity index (χ1) is 14.4. The summed E-state index contributed by atoms with van der Waals surface area (Å²) in [5, 5.41) is 0. The predicted octanol–water partition coefficient (Wildman–Crippen LogP) is 2.45. The van der Waals surface area contributed by atoms with Gasteiger partial charge >= 0.3 is 0 Å². The summed E-state index contributed by atoms with van der Waals surface area (Å²) in [6.07, 6.45) is -0.613. The first-order valence-electron chi connectivity index (χ1n) is 10.1. The van der Waals surface area contributed by atoms with Crippen LogP contribution in [-0.4, -0.2) is 61.9 Å². The molecule has 0 saturated carbocycles. The molecule has 0 N–H and O–H groups in total. The van der Waals surface area contributed by atoms with Crippen molar-refractivity contribution in [3.63, 3.8) is 0 Å². The second-order valence-electron chi connectivity index (χ2n) is 7.70. The van der Waals surface area contributed by atoms with Gasteiger partial charge in [0.05, 0.1) is 4.90 Å². The Balaban J connectivity index is 1.45. The van der Waals surface area contributed by atoms with Gasteiger partial charge in [-0.1, -0.05) is 29.8 Å². The molecule has 0 aromatic heterocycles. The minimum Gasteiger partial charge on any atom is -0.482 e. The lowest BCUT2D eigenvalue weighted by molar-refractivity contribution is -0.144. The van der Waals surface area contributed by atoms with Crippen LogP contribution in [0.25, 0.3) is 0 Å². The number of carbonyl (C=O) groups excluding carboxylic acids is 1. The van der Waals surface area contributed by atoms with Gasteiger partial charge in [0.1, 0.15) is 6.10 Å². The molecular formula is C22H26N2O5S. The van der Waals surface area contributed by atoms with Crippen LogP contribution in [0.4, 0.5) is 0 Å². The molecule has 2 aliphatic heterocycles. The average molecular weight is 431 g/mol. The summed E-state index contributed by atoms with van der Waals surface area (Å²) in [5.74, 6) is 0.999. The van der Waals surface area contributed by atoms with Crippen LogP contribution in [0.2, 0.25) is 0 Å². The molecule has 2 unspecified atom stereocenters. The van der Waals surface area contributed by atoms with E-state index < -0.39 is 22.2 Å². The zero-order chi connectivity index (χ0) is 21.3. The molecule has 2 aromatic carbocycles. The number of hydrogen-bond donors (Lipinski definition) is 0. The fraction of sp³-hybridized carbons (Fsp3) is 0.409. The number of fused-ring (bicyclic) bond motifs is 1. The monoisotopic (exact) mass is 430 g/mol. The van der Waals surface area contributed by atoms with Gasteiger partial charge in [-0.3, -0.25) is 4.79 Å². The molecule has 1 fully saturated rings. The molecule has 0 bridgehead atoms. The van der Waals surface area contributed by atoms with E-state index in [1.165, 1.54) is 4.31 Å². The number of rotatable bonds is 3. The maximum Gasteiger partial charge on any atom is 0.267 e. The van der Waals surface area contributed by atoms with Crippen molar-refractivity contribution in [2.24, 2.45) is 0 Å². The summed E-state index contributed by atoms with van der Waals surface area (Å²) >= 11 is 0. The Labute approximate surface area is 177 Å². The zero-order valence-corrected chi connectivity index (χ0v) is 18.0. The van der Waals surface area contributed by atoms with Gasteiger partial charge in [-0.2, -0.15) is 4.31 Å². The van der Waals surface area contributed by atoms with E-state index in [0.717, 1.165) is 5.56 Å². The van der Waals surface area contributed by atoms with Gasteiger partial charge in [-0.05, 0) is 44.5 Å². The van der Waals surface area contributed by atoms with Gasteiger partial charge in [0, 0.05) is 26.2 Å². The molecular weight excluding hydrogens is 404 g/mol. The number of benzene rings is 2. The van der Waals surface area contributed by atoms with Gasteiger partial charge in [-0.15, -0.1) is 0 Å². The van der Waals surface area contributed by atoms with Gasteiger partial charge in [0.2, 0.25) is 16.1 Å². The quantitative estimate of drug-likeness (QED) is 0.748. The van der Waals surface area contributed by atoms with Crippen molar-refractivity contribution in [2.75, 3.05) is 26.2 Å². The molecule has 2 aromatic rings. The minimum absolute atomic E-state index is 0.174. The summed E-state index contributed by atoms with van der Waals surface area (Å²) in [7, 11) is -3.59. The lowest BCUT2D eigenvalue weighted by Crippen LogP contribution is -2.51. The Morgan fingerprint density at radius 3 is 2.30 bits per heavy atom. The Kier molecular flexibility index (Phi) is 5.71. The third-order valence-corrected chi connectivity index (χ3v) is 7.42. The minimum atomic E-state index is -3.59. The highest BCUT2D eigenvalue weighted by molar-refractivity contribution is 7.89. The normalized spacial score (nSPS) is 22.4. The van der Waals surface area contributed by atoms with Crippen LogP contribution < -0.4 is 9.47 Å². The second-order valence-corrected chi connectivity index (χ2v) is 9.64. The highest BCUT2D eigenvalue weighted by Gasteiger charge is 2.38. The Bertz CT molecular complexity index is 1020. The molecule has 0 radical (unpaired) electrons. The molecule has 1 amide bonds. The summed E-state index contributed by atoms with van der Waals surface area (Å²) in [5.41, 5.74) is 1.01. The summed E-state index contributed by atoms with van der Waals surface area (Å²) in [6, 6.07) is 14.1. The van der Waals surface area contributed by atoms with E-state index in [0.29, 0.717) is 37.6 Å². The lowest BCUT2D eigenvalue weighted by atomic mass is 10.1. The van der Waals surface area contributed by atoms with Gasteiger partial charge in [0.15, 0.2) is 11.5 Å². The highest BCUT2D eigenvalue weighted by atomic mass is 32.2. The second kappa shape index (κ2) is 8.28. The number of aryl methyl sites for hydroxylation is 1. The predicted molar refractivity (Wildman–Crippen MR) is 112 cm³/mol. The van der Waals surface area contributed by atoms with Crippen molar-refractivity contribution < 1.29 is 22.7 Å². The van der Waals surface area contributed by atoms with Crippen LogP contribution in [0.3, 0.4) is 0 Å². The Morgan fingerprint density at radius 2 is 1.60 bits per heavy atom. The molecule has 8 heteroatoms. The van der Waals surface area contributed by atoms with Crippen LogP contribution in [0.1, 0.15) is 18.9 Å². The summed E-state index contributed by atoms with van der Waals surface area (Å²) in [4.78, 5) is 15.1. The number of para-hydroxylation sites is 2. The average Bonchev–Trinajstić information content (AvgIpc) is 3.00. The van der Waals surface area contributed by atoms with Crippen molar-refractivity contribution in [1.29, 1.82) is 0 Å². The fourth-order valence-corrected chi connectivity index (χ4v) is 5.25. The number of hydrogen-bond acceptors (Lipinski definition) is 5. The summed E-state index contributed by atoms with van der Waals surface area (Å²) < 4.78 is 39.2. The van der Waals surface area contributed by atoms with Crippen molar-refractivity contribution in [1.82, 2.24) is 9.21 Å². The Hall–Kier alpha value is -2.58. The Morgan fingerprint density at radius 1 is 0.933 bits per heavy atom. The molecule has 7 nitrogen and oxygen atoms in total. The zero-order valence-electron chi connectivity index (χ0n) is 17.2. The third-order valence-electron chi connectivity index (χ3n) is 5.51. The SMILES string of the molecule is Cc1ccc(S(=O)(=O)N2CCCN(C(=O)C3Oc4ccccc4OC3C)CC2)cc1. The fourth-order valence-electron chi connectivity index (χ4n) is 3.78.